The molecule has 1 aliphatic heterocycles. The minimum Gasteiger partial charge on any atom is -0.486 e. The fraction of sp³-hybridized carbons (Fsp3) is 0.462. The largest absolute Gasteiger partial charge is 0.486 e. The van der Waals surface area contributed by atoms with Crippen LogP contribution in [-0.2, 0) is 26.2 Å². The van der Waals surface area contributed by atoms with Gasteiger partial charge in [-0.25, -0.2) is 8.42 Å². The average molecular weight is 587 g/mol. The van der Waals surface area contributed by atoms with Crippen molar-refractivity contribution in [2.45, 2.75) is 52.7 Å². The smallest absolute Gasteiger partial charge is 0.244 e. The number of rotatable bonds is 11. The number of nitrogens with one attached hydrogen (secondary N) is 1. The molecule has 3 rings (SSSR count). The summed E-state index contributed by atoms with van der Waals surface area (Å²) >= 11 is 12.8. The Balaban J connectivity index is 1.99. The topological polar surface area (TPSA) is 105 Å². The molecule has 2 amide bonds. The van der Waals surface area contributed by atoms with Crippen LogP contribution in [0.3, 0.4) is 0 Å². The molecular formula is C26H33Cl2N3O6S. The lowest BCUT2D eigenvalue weighted by molar-refractivity contribution is -0.139. The van der Waals surface area contributed by atoms with Gasteiger partial charge in [0, 0.05) is 34.3 Å². The van der Waals surface area contributed by atoms with Crippen molar-refractivity contribution in [1.29, 1.82) is 0 Å². The van der Waals surface area contributed by atoms with E-state index >= 15 is 0 Å². The highest BCUT2D eigenvalue weighted by Crippen LogP contribution is 2.35. The Bertz CT molecular complexity index is 1250. The molecule has 2 atom stereocenters. The molecule has 0 radical (unpaired) electrons. The zero-order valence-electron chi connectivity index (χ0n) is 21.9. The molecule has 0 bridgehead atoms. The molecule has 0 unspecified atom stereocenters. The number of carbonyl (C=O) groups excluding carboxylic acids is 2. The number of nitrogens with zero attached hydrogens (tertiary/aromatic N) is 2. The van der Waals surface area contributed by atoms with Gasteiger partial charge in [-0.2, -0.15) is 0 Å². The quantitative estimate of drug-likeness (QED) is 0.422. The van der Waals surface area contributed by atoms with Gasteiger partial charge in [0.1, 0.15) is 25.8 Å². The van der Waals surface area contributed by atoms with Gasteiger partial charge < -0.3 is 19.7 Å². The summed E-state index contributed by atoms with van der Waals surface area (Å²) in [5.74, 6) is -0.335. The molecule has 12 heteroatoms. The summed E-state index contributed by atoms with van der Waals surface area (Å²) in [4.78, 5) is 28.2. The first-order chi connectivity index (χ1) is 18.0. The summed E-state index contributed by atoms with van der Waals surface area (Å²) in [6, 6.07) is 8.60. The van der Waals surface area contributed by atoms with E-state index < -0.39 is 28.5 Å². The van der Waals surface area contributed by atoms with E-state index in [4.69, 9.17) is 32.7 Å². The third-order valence-corrected chi connectivity index (χ3v) is 8.80. The van der Waals surface area contributed by atoms with Crippen molar-refractivity contribution in [2.75, 3.05) is 29.8 Å². The molecule has 2 aromatic rings. The van der Waals surface area contributed by atoms with Crippen molar-refractivity contribution in [3.05, 3.63) is 52.0 Å². The number of amides is 2. The maximum Gasteiger partial charge on any atom is 0.244 e. The molecule has 0 saturated heterocycles. The van der Waals surface area contributed by atoms with Crippen molar-refractivity contribution in [3.8, 4) is 11.5 Å². The molecule has 208 valence electrons. The fourth-order valence-corrected chi connectivity index (χ4v) is 5.38. The van der Waals surface area contributed by atoms with Crippen LogP contribution in [0, 0.1) is 0 Å². The van der Waals surface area contributed by atoms with Gasteiger partial charge in [-0.15, -0.1) is 0 Å². The molecule has 1 aliphatic rings. The van der Waals surface area contributed by atoms with E-state index in [-0.39, 0.29) is 29.9 Å². The van der Waals surface area contributed by atoms with Gasteiger partial charge in [0.05, 0.1) is 11.4 Å². The van der Waals surface area contributed by atoms with E-state index in [9.17, 15) is 18.0 Å². The van der Waals surface area contributed by atoms with E-state index in [2.05, 4.69) is 5.32 Å². The average Bonchev–Trinajstić information content (AvgIpc) is 2.90. The van der Waals surface area contributed by atoms with Gasteiger partial charge >= 0.3 is 0 Å². The zero-order valence-corrected chi connectivity index (χ0v) is 24.2. The molecule has 1 heterocycles. The second kappa shape index (κ2) is 12.9. The minimum absolute atomic E-state index is 0.0897. The van der Waals surface area contributed by atoms with Crippen LogP contribution >= 0.6 is 23.2 Å². The summed E-state index contributed by atoms with van der Waals surface area (Å²) in [6.45, 7) is 6.95. The van der Waals surface area contributed by atoms with Crippen LogP contribution in [-0.4, -0.2) is 62.7 Å². The van der Waals surface area contributed by atoms with Crippen molar-refractivity contribution in [2.24, 2.45) is 0 Å². The van der Waals surface area contributed by atoms with Crippen molar-refractivity contribution < 1.29 is 27.5 Å². The molecule has 38 heavy (non-hydrogen) atoms. The number of anilines is 1. The van der Waals surface area contributed by atoms with Gasteiger partial charge in [-0.05, 0) is 51.5 Å². The van der Waals surface area contributed by atoms with Gasteiger partial charge in [0.2, 0.25) is 21.8 Å². The highest BCUT2D eigenvalue weighted by Gasteiger charge is 2.32. The van der Waals surface area contributed by atoms with Crippen molar-refractivity contribution in [1.82, 2.24) is 10.2 Å². The Morgan fingerprint density at radius 1 is 1.03 bits per heavy atom. The van der Waals surface area contributed by atoms with Gasteiger partial charge in [0.25, 0.3) is 0 Å². The second-order valence-corrected chi connectivity index (χ2v) is 11.9. The summed E-state index contributed by atoms with van der Waals surface area (Å²) in [6.07, 6.45) is 0.704. The lowest BCUT2D eigenvalue weighted by Gasteiger charge is -2.33. The molecule has 0 aromatic heterocycles. The van der Waals surface area contributed by atoms with E-state index in [0.717, 1.165) is 4.31 Å². The Hall–Kier alpha value is -2.69. The third-order valence-electron chi connectivity index (χ3n) is 6.35. The van der Waals surface area contributed by atoms with Crippen LogP contribution < -0.4 is 19.1 Å². The van der Waals surface area contributed by atoms with Gasteiger partial charge in [-0.3, -0.25) is 13.9 Å². The van der Waals surface area contributed by atoms with E-state index in [1.165, 1.54) is 17.9 Å². The number of sulfonamides is 1. The first-order valence-electron chi connectivity index (χ1n) is 12.4. The SMILES string of the molecule is CC[C@H](C)NC(=O)[C@H](C)N(Cc1c(Cl)cccc1Cl)C(=O)CN(c1ccc2c(c1)OCCO2)S(=O)(=O)CC. The van der Waals surface area contributed by atoms with Crippen molar-refractivity contribution >= 4 is 50.7 Å². The molecule has 9 nitrogen and oxygen atoms in total. The standard InChI is InChI=1S/C26H33Cl2N3O6S/c1-5-17(3)29-26(33)18(4)30(15-20-21(27)8-7-9-22(20)28)25(32)16-31(38(34,35)6-2)19-10-11-23-24(14-19)37-13-12-36-23/h7-11,14,17-18H,5-6,12-13,15-16H2,1-4H3,(H,29,33)/t17-,18-/m0/s1. The number of halogens is 2. The summed E-state index contributed by atoms with van der Waals surface area (Å²) < 4.78 is 38.5. The highest BCUT2D eigenvalue weighted by atomic mass is 35.5. The Labute approximate surface area is 234 Å². The van der Waals surface area contributed by atoms with Gasteiger partial charge in [0.15, 0.2) is 11.5 Å². The number of carbonyl (C=O) groups is 2. The first kappa shape index (κ1) is 29.9. The Kier molecular flexibility index (Phi) is 10.1. The second-order valence-electron chi connectivity index (χ2n) is 8.95. The molecule has 1 N–H and O–H groups in total. The minimum atomic E-state index is -3.89. The van der Waals surface area contributed by atoms with Gasteiger partial charge in [-0.1, -0.05) is 36.2 Å². The maximum atomic E-state index is 13.8. The lowest BCUT2D eigenvalue weighted by atomic mass is 10.1. The van der Waals surface area contributed by atoms with Crippen LogP contribution in [0.1, 0.15) is 39.7 Å². The molecule has 2 aromatic carbocycles. The highest BCUT2D eigenvalue weighted by molar-refractivity contribution is 7.92. The Morgan fingerprint density at radius 3 is 2.26 bits per heavy atom. The third kappa shape index (κ3) is 7.03. The molecule has 0 spiro atoms. The lowest BCUT2D eigenvalue weighted by Crippen LogP contribution is -2.52. The number of benzene rings is 2. The zero-order chi connectivity index (χ0) is 28.0. The maximum absolute atomic E-state index is 13.8. The van der Waals surface area contributed by atoms with Crippen LogP contribution in [0.5, 0.6) is 11.5 Å². The number of hydrogen-bond acceptors (Lipinski definition) is 6. The summed E-state index contributed by atoms with van der Waals surface area (Å²) in [7, 11) is -3.89. The molecular weight excluding hydrogens is 553 g/mol. The van der Waals surface area contributed by atoms with E-state index in [1.54, 1.807) is 37.3 Å². The number of fused-ring (bicyclic) bond motifs is 1. The predicted molar refractivity (Wildman–Crippen MR) is 149 cm³/mol. The van der Waals surface area contributed by atoms with Crippen LogP contribution in [0.4, 0.5) is 5.69 Å². The van der Waals surface area contributed by atoms with E-state index in [0.29, 0.717) is 46.7 Å². The van der Waals surface area contributed by atoms with Crippen LogP contribution in [0.2, 0.25) is 10.0 Å². The summed E-state index contributed by atoms with van der Waals surface area (Å²) in [5.41, 5.74) is 0.702. The monoisotopic (exact) mass is 585 g/mol. The number of hydrogen-bond donors (Lipinski definition) is 1. The van der Waals surface area contributed by atoms with Crippen molar-refractivity contribution in [3.63, 3.8) is 0 Å². The normalized spacial score (nSPS) is 14.4. The van der Waals surface area contributed by atoms with E-state index in [1.807, 2.05) is 13.8 Å². The molecule has 0 aliphatic carbocycles. The molecule has 0 saturated carbocycles. The predicted octanol–water partition coefficient (Wildman–Crippen LogP) is 4.25. The molecule has 0 fully saturated rings. The first-order valence-corrected chi connectivity index (χ1v) is 14.8. The fourth-order valence-electron chi connectivity index (χ4n) is 3.81. The summed E-state index contributed by atoms with van der Waals surface area (Å²) in [5, 5.41) is 3.54. The van der Waals surface area contributed by atoms with Crippen LogP contribution in [0.25, 0.3) is 0 Å². The Morgan fingerprint density at radius 2 is 1.66 bits per heavy atom. The van der Waals surface area contributed by atoms with Crippen LogP contribution in [0.15, 0.2) is 36.4 Å². The number of ether oxygens (including phenoxy) is 2.